The zero-order valence-corrected chi connectivity index (χ0v) is 14.0. The van der Waals surface area contributed by atoms with E-state index in [0.29, 0.717) is 11.4 Å². The largest absolute Gasteiger partial charge is 0.352 e. The average molecular weight is 333 g/mol. The lowest BCUT2D eigenvalue weighted by atomic mass is 10.1. The summed E-state index contributed by atoms with van der Waals surface area (Å²) < 4.78 is 0. The summed E-state index contributed by atoms with van der Waals surface area (Å²) in [5, 5.41) is 7.59. The molecule has 2 aromatic carbocycles. The number of aromatic nitrogens is 1. The number of carbonyl (C=O) groups excluding carboxylic acids is 2. The highest BCUT2D eigenvalue weighted by Gasteiger charge is 2.08. The predicted octanol–water partition coefficient (Wildman–Crippen LogP) is 3.30. The van der Waals surface area contributed by atoms with Crippen LogP contribution in [0.15, 0.2) is 60.8 Å². The molecule has 5 heteroatoms. The Balaban J connectivity index is 1.52. The Bertz CT molecular complexity index is 921. The van der Waals surface area contributed by atoms with Crippen LogP contribution in [0, 0.1) is 6.92 Å². The Morgan fingerprint density at radius 3 is 2.60 bits per heavy atom. The van der Waals surface area contributed by atoms with Crippen LogP contribution in [0.3, 0.4) is 0 Å². The molecule has 1 heterocycles. The summed E-state index contributed by atoms with van der Waals surface area (Å²) in [5.74, 6) is 0.148. The van der Waals surface area contributed by atoms with Crippen molar-refractivity contribution < 1.29 is 9.59 Å². The average Bonchev–Trinajstić information content (AvgIpc) is 2.61. The van der Waals surface area contributed by atoms with Crippen molar-refractivity contribution in [1.29, 1.82) is 0 Å². The molecule has 0 saturated carbocycles. The van der Waals surface area contributed by atoms with E-state index in [1.165, 1.54) is 0 Å². The highest BCUT2D eigenvalue weighted by atomic mass is 16.2. The molecule has 0 atom stereocenters. The number of hydrogen-bond donors (Lipinski definition) is 2. The van der Waals surface area contributed by atoms with Gasteiger partial charge in [0.05, 0.1) is 0 Å². The van der Waals surface area contributed by atoms with Gasteiger partial charge >= 0.3 is 0 Å². The molecular weight excluding hydrogens is 314 g/mol. The van der Waals surface area contributed by atoms with Crippen molar-refractivity contribution in [2.75, 3.05) is 11.9 Å². The molecule has 0 aliphatic carbocycles. The maximum Gasteiger partial charge on any atom is 0.251 e. The number of amides is 2. The van der Waals surface area contributed by atoms with Crippen molar-refractivity contribution in [1.82, 2.24) is 10.3 Å². The van der Waals surface area contributed by atoms with Crippen LogP contribution in [0.5, 0.6) is 0 Å². The molecule has 3 rings (SSSR count). The monoisotopic (exact) mass is 333 g/mol. The maximum atomic E-state index is 12.2. The number of fused-ring (bicyclic) bond motifs is 1. The van der Waals surface area contributed by atoms with E-state index in [9.17, 15) is 9.59 Å². The SMILES string of the molecule is Cc1ccnc(NC(=O)CCNC(=O)c2ccc3ccccc3c2)c1. The van der Waals surface area contributed by atoms with Gasteiger partial charge in [0.1, 0.15) is 5.82 Å². The molecule has 0 fully saturated rings. The molecule has 1 aromatic heterocycles. The lowest BCUT2D eigenvalue weighted by Gasteiger charge is -2.07. The van der Waals surface area contributed by atoms with E-state index < -0.39 is 0 Å². The van der Waals surface area contributed by atoms with E-state index in [2.05, 4.69) is 15.6 Å². The van der Waals surface area contributed by atoms with Crippen molar-refractivity contribution in [3.05, 3.63) is 71.9 Å². The summed E-state index contributed by atoms with van der Waals surface area (Å²) in [5.41, 5.74) is 1.61. The minimum atomic E-state index is -0.188. The second kappa shape index (κ2) is 7.57. The van der Waals surface area contributed by atoms with Gasteiger partial charge in [0, 0.05) is 24.7 Å². The highest BCUT2D eigenvalue weighted by Crippen LogP contribution is 2.15. The van der Waals surface area contributed by atoms with E-state index in [0.717, 1.165) is 16.3 Å². The van der Waals surface area contributed by atoms with Crippen LogP contribution in [0.25, 0.3) is 10.8 Å². The molecule has 0 aliphatic heterocycles. The fraction of sp³-hybridized carbons (Fsp3) is 0.150. The van der Waals surface area contributed by atoms with Crippen molar-refractivity contribution in [2.45, 2.75) is 13.3 Å². The Morgan fingerprint density at radius 2 is 1.80 bits per heavy atom. The third kappa shape index (κ3) is 4.41. The van der Waals surface area contributed by atoms with Gasteiger partial charge in [0.15, 0.2) is 0 Å². The molecule has 0 bridgehead atoms. The molecular formula is C20H19N3O2. The third-order valence-corrected chi connectivity index (χ3v) is 3.83. The summed E-state index contributed by atoms with van der Waals surface area (Å²) in [6.07, 6.45) is 1.83. The lowest BCUT2D eigenvalue weighted by Crippen LogP contribution is -2.27. The predicted molar refractivity (Wildman–Crippen MR) is 98.5 cm³/mol. The zero-order valence-electron chi connectivity index (χ0n) is 14.0. The lowest BCUT2D eigenvalue weighted by molar-refractivity contribution is -0.116. The first-order valence-corrected chi connectivity index (χ1v) is 8.11. The Morgan fingerprint density at radius 1 is 1.00 bits per heavy atom. The van der Waals surface area contributed by atoms with Gasteiger partial charge in [-0.25, -0.2) is 4.98 Å². The van der Waals surface area contributed by atoms with Crippen molar-refractivity contribution >= 4 is 28.4 Å². The Hall–Kier alpha value is -3.21. The van der Waals surface area contributed by atoms with E-state index >= 15 is 0 Å². The molecule has 2 amide bonds. The number of nitrogens with one attached hydrogen (secondary N) is 2. The number of aryl methyl sites for hydroxylation is 1. The fourth-order valence-electron chi connectivity index (χ4n) is 2.53. The standard InChI is InChI=1S/C20H19N3O2/c1-14-8-10-21-18(12-14)23-19(24)9-11-22-20(25)17-7-6-15-4-2-3-5-16(15)13-17/h2-8,10,12-13H,9,11H2,1H3,(H,22,25)(H,21,23,24). The number of nitrogens with zero attached hydrogens (tertiary/aromatic N) is 1. The van der Waals surface area contributed by atoms with E-state index in [1.54, 1.807) is 18.3 Å². The summed E-state index contributed by atoms with van der Waals surface area (Å²) in [6, 6.07) is 17.1. The number of rotatable bonds is 5. The van der Waals surface area contributed by atoms with Gasteiger partial charge in [-0.2, -0.15) is 0 Å². The van der Waals surface area contributed by atoms with Crippen LogP contribution in [-0.2, 0) is 4.79 Å². The minimum absolute atomic E-state index is 0.183. The number of carbonyl (C=O) groups is 2. The molecule has 25 heavy (non-hydrogen) atoms. The van der Waals surface area contributed by atoms with E-state index in [4.69, 9.17) is 0 Å². The van der Waals surface area contributed by atoms with Crippen LogP contribution in [0.1, 0.15) is 22.3 Å². The number of pyridine rings is 1. The minimum Gasteiger partial charge on any atom is -0.352 e. The first-order chi connectivity index (χ1) is 12.1. The zero-order chi connectivity index (χ0) is 17.6. The first-order valence-electron chi connectivity index (χ1n) is 8.11. The van der Waals surface area contributed by atoms with E-state index in [1.807, 2.05) is 49.4 Å². The number of anilines is 1. The van der Waals surface area contributed by atoms with Gasteiger partial charge in [0.2, 0.25) is 5.91 Å². The molecule has 126 valence electrons. The Labute approximate surface area is 146 Å². The van der Waals surface area contributed by atoms with Crippen LogP contribution in [0.4, 0.5) is 5.82 Å². The Kier molecular flexibility index (Phi) is 5.04. The molecule has 0 spiro atoms. The molecule has 0 aliphatic rings. The van der Waals surface area contributed by atoms with Crippen LogP contribution < -0.4 is 10.6 Å². The summed E-state index contributed by atoms with van der Waals surface area (Å²) >= 11 is 0. The van der Waals surface area contributed by atoms with Gasteiger partial charge in [0.25, 0.3) is 5.91 Å². The van der Waals surface area contributed by atoms with Crippen molar-refractivity contribution in [3.8, 4) is 0 Å². The molecule has 5 nitrogen and oxygen atoms in total. The van der Waals surface area contributed by atoms with E-state index in [-0.39, 0.29) is 24.8 Å². The maximum absolute atomic E-state index is 12.2. The second-order valence-electron chi connectivity index (χ2n) is 5.83. The second-order valence-corrected chi connectivity index (χ2v) is 5.83. The summed E-state index contributed by atoms with van der Waals surface area (Å²) in [7, 11) is 0. The van der Waals surface area contributed by atoms with Crippen LogP contribution in [-0.4, -0.2) is 23.3 Å². The van der Waals surface area contributed by atoms with Crippen molar-refractivity contribution in [3.63, 3.8) is 0 Å². The van der Waals surface area contributed by atoms with Gasteiger partial charge < -0.3 is 10.6 Å². The summed E-state index contributed by atoms with van der Waals surface area (Å²) in [4.78, 5) is 28.2. The third-order valence-electron chi connectivity index (χ3n) is 3.83. The van der Waals surface area contributed by atoms with Crippen molar-refractivity contribution in [2.24, 2.45) is 0 Å². The molecule has 0 unspecified atom stereocenters. The first kappa shape index (κ1) is 16.6. The fourth-order valence-corrected chi connectivity index (χ4v) is 2.53. The van der Waals surface area contributed by atoms with Gasteiger partial charge in [-0.05, 0) is 47.5 Å². The smallest absolute Gasteiger partial charge is 0.251 e. The summed E-state index contributed by atoms with van der Waals surface area (Å²) in [6.45, 7) is 2.20. The molecule has 0 radical (unpaired) electrons. The molecule has 2 N–H and O–H groups in total. The topological polar surface area (TPSA) is 71.1 Å². The quantitative estimate of drug-likeness (QED) is 0.752. The normalized spacial score (nSPS) is 10.4. The highest BCUT2D eigenvalue weighted by molar-refractivity contribution is 5.99. The molecule has 0 saturated heterocycles. The van der Waals surface area contributed by atoms with Gasteiger partial charge in [-0.3, -0.25) is 9.59 Å². The number of hydrogen-bond acceptors (Lipinski definition) is 3. The van der Waals surface area contributed by atoms with Gasteiger partial charge in [-0.15, -0.1) is 0 Å². The van der Waals surface area contributed by atoms with Crippen LogP contribution >= 0.6 is 0 Å². The van der Waals surface area contributed by atoms with Gasteiger partial charge in [-0.1, -0.05) is 30.3 Å². The number of benzene rings is 2. The molecule has 3 aromatic rings. The van der Waals surface area contributed by atoms with Crippen LogP contribution in [0.2, 0.25) is 0 Å².